The van der Waals surface area contributed by atoms with E-state index < -0.39 is 0 Å². The van der Waals surface area contributed by atoms with Gasteiger partial charge in [-0.05, 0) is 54.9 Å². The monoisotopic (exact) mass is 404 g/mol. The highest BCUT2D eigenvalue weighted by atomic mass is 19.1. The average Bonchev–Trinajstić information content (AvgIpc) is 3.13. The number of fused-ring (bicyclic) bond motifs is 3. The Bertz CT molecular complexity index is 1060. The van der Waals surface area contributed by atoms with Gasteiger partial charge in [0.2, 0.25) is 0 Å². The van der Waals surface area contributed by atoms with Crippen LogP contribution < -0.4 is 5.01 Å². The van der Waals surface area contributed by atoms with Crippen molar-refractivity contribution in [3.05, 3.63) is 58.7 Å². The van der Waals surface area contributed by atoms with Crippen molar-refractivity contribution in [1.82, 2.24) is 19.8 Å². The largest absolute Gasteiger partial charge is 0.299 e. The van der Waals surface area contributed by atoms with Crippen molar-refractivity contribution >= 4 is 0 Å². The molecule has 1 aromatic rings. The maximum Gasteiger partial charge on any atom is 0.138 e. The van der Waals surface area contributed by atoms with Crippen molar-refractivity contribution in [2.75, 3.05) is 37.7 Å². The zero-order chi connectivity index (χ0) is 20.5. The SMILES string of the molecule is N#Cc1c2ncnn(N3CCN(CCc4ccccc4F)CC3)c-2c2c1CCCC2. The van der Waals surface area contributed by atoms with E-state index in [1.54, 1.807) is 12.4 Å². The highest BCUT2D eigenvalue weighted by molar-refractivity contribution is 5.76. The molecule has 30 heavy (non-hydrogen) atoms. The van der Waals surface area contributed by atoms with Gasteiger partial charge in [0.1, 0.15) is 29.6 Å². The minimum Gasteiger partial charge on any atom is -0.299 e. The molecule has 1 aromatic carbocycles. The molecule has 1 fully saturated rings. The van der Waals surface area contributed by atoms with Gasteiger partial charge in [0.15, 0.2) is 0 Å². The van der Waals surface area contributed by atoms with Crippen LogP contribution in [-0.2, 0) is 19.3 Å². The van der Waals surface area contributed by atoms with Gasteiger partial charge in [-0.3, -0.25) is 9.91 Å². The van der Waals surface area contributed by atoms with Crippen molar-refractivity contribution in [2.45, 2.75) is 32.1 Å². The number of aromatic nitrogens is 3. The van der Waals surface area contributed by atoms with Gasteiger partial charge in [-0.1, -0.05) is 18.2 Å². The summed E-state index contributed by atoms with van der Waals surface area (Å²) in [5.41, 5.74) is 5.76. The molecule has 6 nitrogen and oxygen atoms in total. The minimum absolute atomic E-state index is 0.121. The minimum atomic E-state index is -0.121. The number of halogens is 1. The van der Waals surface area contributed by atoms with E-state index in [1.165, 1.54) is 17.2 Å². The van der Waals surface area contributed by atoms with Crippen molar-refractivity contribution in [1.29, 1.82) is 5.26 Å². The van der Waals surface area contributed by atoms with Gasteiger partial charge >= 0.3 is 0 Å². The first kappa shape index (κ1) is 19.0. The fourth-order valence-electron chi connectivity index (χ4n) is 4.84. The first-order valence-corrected chi connectivity index (χ1v) is 10.7. The van der Waals surface area contributed by atoms with Crippen LogP contribution in [0.1, 0.15) is 35.1 Å². The van der Waals surface area contributed by atoms with E-state index in [4.69, 9.17) is 0 Å². The van der Waals surface area contributed by atoms with Gasteiger partial charge < -0.3 is 0 Å². The molecule has 154 valence electrons. The second-order valence-corrected chi connectivity index (χ2v) is 8.13. The first-order valence-electron chi connectivity index (χ1n) is 10.7. The fourth-order valence-corrected chi connectivity index (χ4v) is 4.84. The molecule has 0 spiro atoms. The van der Waals surface area contributed by atoms with Crippen LogP contribution in [0.25, 0.3) is 11.4 Å². The van der Waals surface area contributed by atoms with Crippen LogP contribution in [0, 0.1) is 17.1 Å². The van der Waals surface area contributed by atoms with Crippen molar-refractivity contribution in [2.24, 2.45) is 0 Å². The molecule has 0 saturated carbocycles. The van der Waals surface area contributed by atoms with E-state index >= 15 is 0 Å². The molecule has 2 aliphatic heterocycles. The number of hydrogen-bond acceptors (Lipinski definition) is 5. The Labute approximate surface area is 175 Å². The Morgan fingerprint density at radius 3 is 2.57 bits per heavy atom. The third kappa shape index (κ3) is 3.31. The van der Waals surface area contributed by atoms with Gasteiger partial charge in [-0.25, -0.2) is 9.37 Å². The smallest absolute Gasteiger partial charge is 0.138 e. The first-order chi connectivity index (χ1) is 14.8. The number of hydrogen-bond donors (Lipinski definition) is 0. The lowest BCUT2D eigenvalue weighted by Gasteiger charge is -2.37. The second-order valence-electron chi connectivity index (χ2n) is 8.13. The summed E-state index contributed by atoms with van der Waals surface area (Å²) in [7, 11) is 0. The summed E-state index contributed by atoms with van der Waals surface area (Å²) >= 11 is 0. The molecule has 0 amide bonds. The quantitative estimate of drug-likeness (QED) is 0.669. The number of nitriles is 1. The fraction of sp³-hybridized carbons (Fsp3) is 0.435. The maximum absolute atomic E-state index is 13.9. The summed E-state index contributed by atoms with van der Waals surface area (Å²) in [6.07, 6.45) is 6.52. The number of nitrogens with zero attached hydrogens (tertiary/aromatic N) is 6. The molecule has 2 heterocycles. The van der Waals surface area contributed by atoms with E-state index in [-0.39, 0.29) is 5.82 Å². The normalized spacial score (nSPS) is 17.1. The van der Waals surface area contributed by atoms with Crippen LogP contribution in [-0.4, -0.2) is 52.5 Å². The maximum atomic E-state index is 13.9. The third-order valence-corrected chi connectivity index (χ3v) is 6.45. The number of piperazine rings is 1. The van der Waals surface area contributed by atoms with Crippen LogP contribution >= 0.6 is 0 Å². The summed E-state index contributed by atoms with van der Waals surface area (Å²) < 4.78 is 13.9. The second kappa shape index (κ2) is 8.04. The predicted molar refractivity (Wildman–Crippen MR) is 112 cm³/mol. The molecule has 7 heteroatoms. The zero-order valence-electron chi connectivity index (χ0n) is 17.0. The van der Waals surface area contributed by atoms with Crippen molar-refractivity contribution < 1.29 is 4.39 Å². The van der Waals surface area contributed by atoms with Gasteiger partial charge in [-0.2, -0.15) is 10.1 Å². The van der Waals surface area contributed by atoms with Crippen molar-refractivity contribution in [3.8, 4) is 17.5 Å². The van der Waals surface area contributed by atoms with E-state index in [2.05, 4.69) is 26.1 Å². The molecular weight excluding hydrogens is 379 g/mol. The van der Waals surface area contributed by atoms with Gasteiger partial charge in [-0.15, -0.1) is 5.10 Å². The molecule has 2 aliphatic carbocycles. The lowest BCUT2D eigenvalue weighted by atomic mass is 9.94. The molecule has 0 radical (unpaired) electrons. The highest BCUT2D eigenvalue weighted by Crippen LogP contribution is 2.38. The van der Waals surface area contributed by atoms with E-state index in [0.717, 1.165) is 87.3 Å². The molecule has 0 bridgehead atoms. The lowest BCUT2D eigenvalue weighted by Crippen LogP contribution is -2.52. The van der Waals surface area contributed by atoms with Crippen LogP contribution in [0.15, 0.2) is 30.6 Å². The Balaban J connectivity index is 1.32. The molecule has 4 aliphatic rings. The zero-order valence-corrected chi connectivity index (χ0v) is 17.0. The topological polar surface area (TPSA) is 61.0 Å². The standard InChI is InChI=1S/C23H25FN6/c24-21-8-4-1-5-17(21)9-10-28-11-13-29(14-12-28)30-23-19-7-3-2-6-18(19)20(15-25)22(23)26-16-27-30/h1,4-5,8,16H,2-3,6-7,9-14H2. The van der Waals surface area contributed by atoms with E-state index in [1.807, 2.05) is 16.9 Å². The van der Waals surface area contributed by atoms with Gasteiger partial charge in [0.25, 0.3) is 0 Å². The summed E-state index contributed by atoms with van der Waals surface area (Å²) in [6.45, 7) is 4.34. The molecule has 1 saturated heterocycles. The molecule has 0 N–H and O–H groups in total. The molecule has 0 unspecified atom stereocenters. The molecular formula is C23H25FN6. The van der Waals surface area contributed by atoms with Crippen LogP contribution in [0.3, 0.4) is 0 Å². The van der Waals surface area contributed by atoms with Gasteiger partial charge in [0.05, 0.1) is 5.56 Å². The Hall–Kier alpha value is -2.98. The predicted octanol–water partition coefficient (Wildman–Crippen LogP) is 2.77. The Morgan fingerprint density at radius 2 is 1.80 bits per heavy atom. The summed E-state index contributed by atoms with van der Waals surface area (Å²) in [5, 5.41) is 16.5. The summed E-state index contributed by atoms with van der Waals surface area (Å²) in [5.74, 6) is -0.121. The highest BCUT2D eigenvalue weighted by Gasteiger charge is 2.31. The summed E-state index contributed by atoms with van der Waals surface area (Å²) in [6, 6.07) is 9.41. The van der Waals surface area contributed by atoms with Crippen LogP contribution in [0.4, 0.5) is 4.39 Å². The van der Waals surface area contributed by atoms with Crippen LogP contribution in [0.5, 0.6) is 0 Å². The van der Waals surface area contributed by atoms with Gasteiger partial charge in [0, 0.05) is 32.7 Å². The Kier molecular flexibility index (Phi) is 5.09. The van der Waals surface area contributed by atoms with Crippen LogP contribution in [0.2, 0.25) is 0 Å². The molecule has 5 rings (SSSR count). The average molecular weight is 404 g/mol. The van der Waals surface area contributed by atoms with E-state index in [9.17, 15) is 9.65 Å². The lowest BCUT2D eigenvalue weighted by molar-refractivity contribution is 0.237. The molecule has 0 aromatic heterocycles. The Morgan fingerprint density at radius 1 is 1.03 bits per heavy atom. The third-order valence-electron chi connectivity index (χ3n) is 6.45. The number of rotatable bonds is 4. The summed E-state index contributed by atoms with van der Waals surface area (Å²) in [4.78, 5) is 8.84. The van der Waals surface area contributed by atoms with Crippen molar-refractivity contribution in [3.63, 3.8) is 0 Å². The molecule has 0 atom stereocenters. The number of benzene rings is 1. The van der Waals surface area contributed by atoms with E-state index in [0.29, 0.717) is 0 Å².